The summed E-state index contributed by atoms with van der Waals surface area (Å²) >= 11 is 0. The Morgan fingerprint density at radius 1 is 1.14 bits per heavy atom. The van der Waals surface area contributed by atoms with E-state index < -0.39 is 41.6 Å². The Morgan fingerprint density at radius 2 is 1.86 bits per heavy atom. The first-order valence-electron chi connectivity index (χ1n) is 11.0. The lowest BCUT2D eigenvalue weighted by Gasteiger charge is -2.27. The van der Waals surface area contributed by atoms with Gasteiger partial charge in [-0.15, -0.1) is 0 Å². The predicted molar refractivity (Wildman–Crippen MR) is 123 cm³/mol. The van der Waals surface area contributed by atoms with Crippen molar-refractivity contribution in [2.75, 3.05) is 6.61 Å². The molecule has 0 saturated carbocycles. The number of carbonyl (C=O) groups excluding carboxylic acids is 1. The molecule has 0 radical (unpaired) electrons. The van der Waals surface area contributed by atoms with Gasteiger partial charge in [0.1, 0.15) is 23.9 Å². The molecule has 1 aromatic heterocycles. The molecule has 0 saturated heterocycles. The number of nitrogens with one attached hydrogen (secondary N) is 1. The van der Waals surface area contributed by atoms with Gasteiger partial charge in [0.15, 0.2) is 5.69 Å². The smallest absolute Gasteiger partial charge is 0.305 e. The third-order valence-corrected chi connectivity index (χ3v) is 5.68. The quantitative estimate of drug-likeness (QED) is 0.400. The molecule has 0 aliphatic carbocycles. The van der Waals surface area contributed by atoms with Gasteiger partial charge in [0, 0.05) is 6.07 Å². The van der Waals surface area contributed by atoms with E-state index in [9.17, 15) is 28.6 Å². The van der Waals surface area contributed by atoms with Crippen LogP contribution in [-0.4, -0.2) is 44.1 Å². The Hall–Kier alpha value is -3.79. The highest BCUT2D eigenvalue weighted by Gasteiger charge is 2.28. The second kappa shape index (κ2) is 10.6. The summed E-state index contributed by atoms with van der Waals surface area (Å²) in [5.74, 6) is -3.32. The maximum atomic E-state index is 14.5. The van der Waals surface area contributed by atoms with Crippen molar-refractivity contribution >= 4 is 11.9 Å². The highest BCUT2D eigenvalue weighted by atomic mass is 19.1. The topological polar surface area (TPSA) is 114 Å². The zero-order chi connectivity index (χ0) is 25.8. The van der Waals surface area contributed by atoms with Crippen LogP contribution in [0, 0.1) is 17.6 Å². The van der Waals surface area contributed by atoms with E-state index >= 15 is 0 Å². The zero-order valence-electron chi connectivity index (χ0n) is 19.5. The lowest BCUT2D eigenvalue weighted by Crippen LogP contribution is -2.38. The molecule has 0 unspecified atom stereocenters. The van der Waals surface area contributed by atoms with Crippen LogP contribution in [0.25, 0.3) is 5.69 Å². The van der Waals surface area contributed by atoms with Crippen molar-refractivity contribution in [2.24, 2.45) is 5.92 Å². The number of aliphatic carboxylic acids is 1. The predicted octanol–water partition coefficient (Wildman–Crippen LogP) is 3.88. The molecule has 0 fully saturated rings. The van der Waals surface area contributed by atoms with E-state index in [0.29, 0.717) is 0 Å². The summed E-state index contributed by atoms with van der Waals surface area (Å²) in [7, 11) is 0. The maximum Gasteiger partial charge on any atom is 0.305 e. The summed E-state index contributed by atoms with van der Waals surface area (Å²) in [6.45, 7) is 5.05. The number of carbonyl (C=O) groups is 2. The number of hydrogen-bond donors (Lipinski definition) is 3. The first-order chi connectivity index (χ1) is 16.5. The summed E-state index contributed by atoms with van der Waals surface area (Å²) in [5, 5.41) is 26.5. The fraction of sp³-hybridized carbons (Fsp3) is 0.320. The van der Waals surface area contributed by atoms with Crippen LogP contribution in [0.15, 0.2) is 54.6 Å². The number of benzene rings is 2. The van der Waals surface area contributed by atoms with E-state index in [4.69, 9.17) is 4.74 Å². The Morgan fingerprint density at radius 3 is 2.49 bits per heavy atom. The molecule has 35 heavy (non-hydrogen) atoms. The second-order valence-corrected chi connectivity index (χ2v) is 8.71. The van der Waals surface area contributed by atoms with Gasteiger partial charge in [-0.25, -0.2) is 8.78 Å². The third-order valence-electron chi connectivity index (χ3n) is 5.68. The fourth-order valence-electron chi connectivity index (χ4n) is 3.14. The molecule has 10 heteroatoms. The molecule has 2 atom stereocenters. The Kier molecular flexibility index (Phi) is 7.85. The lowest BCUT2D eigenvalue weighted by atomic mass is 9.94. The average molecular weight is 488 g/mol. The number of nitrogens with zero attached hydrogens (tertiary/aromatic N) is 2. The molecular weight excluding hydrogens is 460 g/mol. The normalized spacial score (nSPS) is 13.8. The van der Waals surface area contributed by atoms with Crippen LogP contribution >= 0.6 is 0 Å². The number of hydrogen-bond acceptors (Lipinski definition) is 5. The Balaban J connectivity index is 1.95. The molecule has 3 N–H and O–H groups in total. The first kappa shape index (κ1) is 25.8. The highest BCUT2D eigenvalue weighted by Crippen LogP contribution is 2.25. The number of halogens is 2. The number of rotatable bonds is 10. The summed E-state index contributed by atoms with van der Waals surface area (Å²) in [6.07, 6.45) is -0.496. The number of aromatic nitrogens is 2. The molecule has 0 aliphatic heterocycles. The SMILES string of the molecule is CC(C)[C@@](C)(O)COc1cc(C(=O)N[C@@H](CC(=O)O)c2cccc(F)c2)nn1-c1ccccc1F. The standard InChI is InChI=1S/C25H27F2N3O5/c1-15(2)25(3,34)14-35-22-12-20(29-30(22)21-10-5-4-9-18(21)27)24(33)28-19(13-23(31)32)16-7-6-8-17(26)11-16/h4-12,15,19,34H,13-14H2,1-3H3,(H,28,33)(H,31,32)/t19-,25-/m0/s1. The van der Waals surface area contributed by atoms with E-state index in [0.717, 1.165) is 10.7 Å². The number of para-hydroxylation sites is 1. The maximum absolute atomic E-state index is 14.5. The molecule has 0 bridgehead atoms. The van der Waals surface area contributed by atoms with Gasteiger partial charge in [-0.2, -0.15) is 9.78 Å². The summed E-state index contributed by atoms with van der Waals surface area (Å²) in [4.78, 5) is 24.4. The largest absolute Gasteiger partial charge is 0.481 e. The van der Waals surface area contributed by atoms with Crippen LogP contribution in [0.5, 0.6) is 5.88 Å². The molecule has 1 heterocycles. The van der Waals surface area contributed by atoms with Gasteiger partial charge < -0.3 is 20.3 Å². The number of aliphatic hydroxyl groups is 1. The summed E-state index contributed by atoms with van der Waals surface area (Å²) < 4.78 is 35.0. The van der Waals surface area contributed by atoms with Gasteiger partial charge in [0.05, 0.1) is 18.1 Å². The highest BCUT2D eigenvalue weighted by molar-refractivity contribution is 5.93. The van der Waals surface area contributed by atoms with Gasteiger partial charge in [-0.1, -0.05) is 38.1 Å². The molecule has 3 aromatic rings. The van der Waals surface area contributed by atoms with Crippen LogP contribution in [0.1, 0.15) is 49.3 Å². The monoisotopic (exact) mass is 487 g/mol. The van der Waals surface area contributed by atoms with E-state index in [1.54, 1.807) is 13.0 Å². The average Bonchev–Trinajstić information content (AvgIpc) is 3.21. The van der Waals surface area contributed by atoms with Crippen LogP contribution in [0.3, 0.4) is 0 Å². The Labute approximate surface area is 201 Å². The van der Waals surface area contributed by atoms with Crippen molar-refractivity contribution < 1.29 is 33.3 Å². The minimum absolute atomic E-state index is 0.00159. The minimum atomic E-state index is -1.21. The van der Waals surface area contributed by atoms with Crippen molar-refractivity contribution in [2.45, 2.75) is 38.8 Å². The molecule has 1 amide bonds. The molecule has 2 aromatic carbocycles. The molecule has 0 spiro atoms. The fourth-order valence-corrected chi connectivity index (χ4v) is 3.14. The van der Waals surface area contributed by atoms with Crippen LogP contribution in [0.4, 0.5) is 8.78 Å². The van der Waals surface area contributed by atoms with Gasteiger partial charge in [-0.05, 0) is 42.7 Å². The van der Waals surface area contributed by atoms with Crippen molar-refractivity contribution in [3.8, 4) is 11.6 Å². The van der Waals surface area contributed by atoms with E-state index in [2.05, 4.69) is 10.4 Å². The molecule has 0 aliphatic rings. The van der Waals surface area contributed by atoms with Gasteiger partial charge in [0.25, 0.3) is 5.91 Å². The number of carboxylic acids is 1. The van der Waals surface area contributed by atoms with E-state index in [-0.39, 0.29) is 35.3 Å². The van der Waals surface area contributed by atoms with Crippen LogP contribution in [0.2, 0.25) is 0 Å². The lowest BCUT2D eigenvalue weighted by molar-refractivity contribution is -0.137. The van der Waals surface area contributed by atoms with Gasteiger partial charge >= 0.3 is 5.97 Å². The van der Waals surface area contributed by atoms with E-state index in [1.807, 2.05) is 13.8 Å². The minimum Gasteiger partial charge on any atom is -0.481 e. The zero-order valence-corrected chi connectivity index (χ0v) is 19.5. The molecule has 186 valence electrons. The van der Waals surface area contributed by atoms with Crippen LogP contribution in [-0.2, 0) is 4.79 Å². The van der Waals surface area contributed by atoms with E-state index in [1.165, 1.54) is 42.5 Å². The summed E-state index contributed by atoms with van der Waals surface area (Å²) in [6, 6.07) is 11.2. The number of ether oxygens (including phenoxy) is 1. The third kappa shape index (κ3) is 6.42. The van der Waals surface area contributed by atoms with Crippen molar-refractivity contribution in [1.82, 2.24) is 15.1 Å². The number of carboxylic acid groups (broad SMARTS) is 1. The van der Waals surface area contributed by atoms with Crippen molar-refractivity contribution in [1.29, 1.82) is 0 Å². The molecule has 3 rings (SSSR count). The van der Waals surface area contributed by atoms with Gasteiger partial charge in [-0.3, -0.25) is 9.59 Å². The van der Waals surface area contributed by atoms with Crippen LogP contribution < -0.4 is 10.1 Å². The molecule has 8 nitrogen and oxygen atoms in total. The van der Waals surface area contributed by atoms with Crippen molar-refractivity contribution in [3.05, 3.63) is 77.5 Å². The molecular formula is C25H27F2N3O5. The van der Waals surface area contributed by atoms with Gasteiger partial charge in [0.2, 0.25) is 5.88 Å². The summed E-state index contributed by atoms with van der Waals surface area (Å²) in [5.41, 5.74) is -1.12. The van der Waals surface area contributed by atoms with Crippen molar-refractivity contribution in [3.63, 3.8) is 0 Å². The number of amides is 1. The Bertz CT molecular complexity index is 1210. The second-order valence-electron chi connectivity index (χ2n) is 8.71. The first-order valence-corrected chi connectivity index (χ1v) is 11.0.